The molecule has 0 radical (unpaired) electrons. The predicted molar refractivity (Wildman–Crippen MR) is 127 cm³/mol. The fraction of sp³-hybridized carbons (Fsp3) is 0.320. The van der Waals surface area contributed by atoms with E-state index in [0.29, 0.717) is 30.5 Å². The lowest BCUT2D eigenvalue weighted by Gasteiger charge is -2.19. The van der Waals surface area contributed by atoms with Crippen LogP contribution in [0.15, 0.2) is 42.5 Å². The van der Waals surface area contributed by atoms with Crippen LogP contribution in [0.25, 0.3) is 10.2 Å². The van der Waals surface area contributed by atoms with Crippen molar-refractivity contribution in [1.82, 2.24) is 10.3 Å². The number of nitrogens with one attached hydrogen (secondary N) is 2. The molecule has 0 saturated heterocycles. The summed E-state index contributed by atoms with van der Waals surface area (Å²) in [6.45, 7) is 2.17. The molecule has 0 unspecified atom stereocenters. The number of hydrogen-bond acceptors (Lipinski definition) is 8. The molecule has 3 rings (SSSR count). The van der Waals surface area contributed by atoms with E-state index in [9.17, 15) is 29.4 Å². The molecule has 2 amide bonds. The summed E-state index contributed by atoms with van der Waals surface area (Å²) in [5, 5.41) is 28.3. The smallest absolute Gasteiger partial charge is 0.226 e. The number of carbonyl (C=O) groups is 4. The monoisotopic (exact) mass is 495 g/mol. The van der Waals surface area contributed by atoms with Gasteiger partial charge in [0.25, 0.3) is 0 Å². The molecule has 9 nitrogen and oxygen atoms in total. The molecule has 0 fully saturated rings. The van der Waals surface area contributed by atoms with Crippen LogP contribution in [-0.4, -0.2) is 35.3 Å². The maximum absolute atomic E-state index is 12.2. The van der Waals surface area contributed by atoms with Gasteiger partial charge in [0.1, 0.15) is 0 Å². The third-order valence-electron chi connectivity index (χ3n) is 5.35. The number of amides is 2. The molecular weight excluding hydrogens is 470 g/mol. The van der Waals surface area contributed by atoms with Crippen LogP contribution >= 0.6 is 11.3 Å². The van der Waals surface area contributed by atoms with Gasteiger partial charge >= 0.3 is 0 Å². The minimum atomic E-state index is -1.70. The number of fused-ring (bicyclic) bond motifs is 1. The number of nitrogens with zero attached hydrogens (tertiary/aromatic N) is 1. The van der Waals surface area contributed by atoms with Gasteiger partial charge in [-0.15, -0.1) is 11.3 Å². The van der Waals surface area contributed by atoms with Crippen molar-refractivity contribution in [3.8, 4) is 0 Å². The lowest BCUT2D eigenvalue weighted by molar-refractivity contribution is -0.331. The van der Waals surface area contributed by atoms with Gasteiger partial charge in [-0.05, 0) is 55.5 Å². The normalized spacial score (nSPS) is 10.9. The van der Waals surface area contributed by atoms with Gasteiger partial charge in [0.05, 0.1) is 27.2 Å². The molecule has 184 valence electrons. The molecule has 0 spiro atoms. The Balaban J connectivity index is 1.33. The van der Waals surface area contributed by atoms with E-state index >= 15 is 0 Å². The molecule has 0 bridgehead atoms. The fourth-order valence-electron chi connectivity index (χ4n) is 3.54. The first-order chi connectivity index (χ1) is 16.7. The summed E-state index contributed by atoms with van der Waals surface area (Å²) in [6, 6.07) is 12.4. The number of anilines is 1. The second kappa shape index (κ2) is 12.1. The van der Waals surface area contributed by atoms with Crippen LogP contribution in [0.2, 0.25) is 0 Å². The van der Waals surface area contributed by atoms with Crippen molar-refractivity contribution in [2.75, 3.05) is 11.9 Å². The van der Waals surface area contributed by atoms with Crippen LogP contribution in [0.5, 0.6) is 0 Å². The molecule has 0 saturated carbocycles. The Morgan fingerprint density at radius 1 is 0.943 bits per heavy atom. The third-order valence-corrected chi connectivity index (χ3v) is 6.29. The van der Waals surface area contributed by atoms with E-state index < -0.39 is 17.9 Å². The van der Waals surface area contributed by atoms with Crippen molar-refractivity contribution in [3.63, 3.8) is 0 Å². The van der Waals surface area contributed by atoms with Crippen molar-refractivity contribution < 1.29 is 29.4 Å². The van der Waals surface area contributed by atoms with Gasteiger partial charge in [0.15, 0.2) is 0 Å². The van der Waals surface area contributed by atoms with Crippen LogP contribution in [0.1, 0.15) is 35.4 Å². The summed E-state index contributed by atoms with van der Waals surface area (Å²) in [7, 11) is 0. The summed E-state index contributed by atoms with van der Waals surface area (Å²) in [4.78, 5) is 50.3. The molecule has 10 heteroatoms. The first-order valence-electron chi connectivity index (χ1n) is 11.1. The maximum atomic E-state index is 12.2. The molecule has 1 aromatic heterocycles. The zero-order valence-electron chi connectivity index (χ0n) is 19.2. The highest BCUT2D eigenvalue weighted by Gasteiger charge is 2.12. The lowest BCUT2D eigenvalue weighted by Crippen LogP contribution is -2.44. The zero-order chi connectivity index (χ0) is 25.4. The highest BCUT2D eigenvalue weighted by Crippen LogP contribution is 2.24. The first-order valence-corrected chi connectivity index (χ1v) is 12.0. The summed E-state index contributed by atoms with van der Waals surface area (Å²) >= 11 is 1.56. The fourth-order valence-corrected chi connectivity index (χ4v) is 4.40. The number of aromatic nitrogens is 1. The number of aryl methyl sites for hydroxylation is 2. The Bertz CT molecular complexity index is 1210. The van der Waals surface area contributed by atoms with Crippen LogP contribution in [0, 0.1) is 12.8 Å². The topological polar surface area (TPSA) is 151 Å². The maximum Gasteiger partial charge on any atom is 0.226 e. The van der Waals surface area contributed by atoms with Gasteiger partial charge < -0.3 is 30.4 Å². The largest absolute Gasteiger partial charge is 0.549 e. The number of carboxylic acid groups (broad SMARTS) is 2. The summed E-state index contributed by atoms with van der Waals surface area (Å²) < 4.78 is 1.00. The average molecular weight is 496 g/mol. The molecular formula is C25H25N3O6S-2. The van der Waals surface area contributed by atoms with Gasteiger partial charge in [0, 0.05) is 31.0 Å². The Labute approximate surface area is 206 Å². The number of aliphatic carboxylic acids is 2. The van der Waals surface area contributed by atoms with Crippen LogP contribution in [0.3, 0.4) is 0 Å². The second-order valence-electron chi connectivity index (χ2n) is 8.13. The van der Waals surface area contributed by atoms with E-state index in [-0.39, 0.29) is 31.2 Å². The zero-order valence-corrected chi connectivity index (χ0v) is 20.0. The molecule has 0 aliphatic carbocycles. The van der Waals surface area contributed by atoms with Crippen LogP contribution < -0.4 is 20.8 Å². The van der Waals surface area contributed by atoms with Crippen molar-refractivity contribution in [1.29, 1.82) is 0 Å². The molecule has 35 heavy (non-hydrogen) atoms. The standard InChI is InChI=1S/C25H27N3O6S/c1-15-27-20-10-9-18(14-21(20)35-15)28-23(30)11-12-26-22(29)4-2-3-16-5-7-17(8-6-16)13-19(24(31)32)25(33)34/h5-10,14,19H,2-4,11-13H2,1H3,(H,26,29)(H,28,30)(H,31,32)(H,33,34)/p-2. The van der Waals surface area contributed by atoms with Gasteiger partial charge in [-0.3, -0.25) is 9.59 Å². The van der Waals surface area contributed by atoms with E-state index in [1.54, 1.807) is 41.7 Å². The number of thiazole rings is 1. The first kappa shape index (κ1) is 25.8. The highest BCUT2D eigenvalue weighted by molar-refractivity contribution is 7.18. The molecule has 1 heterocycles. The molecule has 3 aromatic rings. The van der Waals surface area contributed by atoms with E-state index in [4.69, 9.17) is 0 Å². The number of rotatable bonds is 12. The van der Waals surface area contributed by atoms with Gasteiger partial charge in [-0.1, -0.05) is 24.3 Å². The minimum Gasteiger partial charge on any atom is -0.549 e. The molecule has 0 atom stereocenters. The number of carboxylic acids is 2. The van der Waals surface area contributed by atoms with E-state index in [0.717, 1.165) is 20.8 Å². The van der Waals surface area contributed by atoms with Crippen LogP contribution in [0.4, 0.5) is 5.69 Å². The lowest BCUT2D eigenvalue weighted by atomic mass is 9.98. The molecule has 0 aliphatic heterocycles. The minimum absolute atomic E-state index is 0.151. The van der Waals surface area contributed by atoms with Gasteiger partial charge in [-0.2, -0.15) is 0 Å². The summed E-state index contributed by atoms with van der Waals surface area (Å²) in [6.07, 6.45) is 1.46. The molecule has 0 aliphatic rings. The highest BCUT2D eigenvalue weighted by atomic mass is 32.1. The molecule has 2 aromatic carbocycles. The Kier molecular flexibility index (Phi) is 8.91. The predicted octanol–water partition coefficient (Wildman–Crippen LogP) is 0.731. The SMILES string of the molecule is Cc1nc2ccc(NC(=O)CCNC(=O)CCCc3ccc(CC(C(=O)[O-])C(=O)[O-])cc3)cc2s1. The van der Waals surface area contributed by atoms with Crippen molar-refractivity contribution in [2.24, 2.45) is 5.92 Å². The van der Waals surface area contributed by atoms with Gasteiger partial charge in [-0.25, -0.2) is 4.98 Å². The molecule has 2 N–H and O–H groups in total. The Hall–Kier alpha value is -3.79. The number of hydrogen-bond donors (Lipinski definition) is 2. The third kappa shape index (κ3) is 7.89. The van der Waals surface area contributed by atoms with E-state index in [2.05, 4.69) is 15.6 Å². The van der Waals surface area contributed by atoms with Crippen molar-refractivity contribution >= 4 is 51.0 Å². The summed E-state index contributed by atoms with van der Waals surface area (Å²) in [5.41, 5.74) is 3.07. The van der Waals surface area contributed by atoms with Crippen molar-refractivity contribution in [2.45, 2.75) is 39.0 Å². The van der Waals surface area contributed by atoms with E-state index in [1.807, 2.05) is 19.1 Å². The quantitative estimate of drug-likeness (QED) is 0.352. The van der Waals surface area contributed by atoms with Gasteiger partial charge in [0.2, 0.25) is 11.8 Å². The number of benzene rings is 2. The van der Waals surface area contributed by atoms with Crippen LogP contribution in [-0.2, 0) is 32.0 Å². The Morgan fingerprint density at radius 3 is 2.31 bits per heavy atom. The Morgan fingerprint density at radius 2 is 1.63 bits per heavy atom. The number of carbonyl (C=O) groups excluding carboxylic acids is 4. The van der Waals surface area contributed by atoms with E-state index in [1.165, 1.54) is 0 Å². The summed E-state index contributed by atoms with van der Waals surface area (Å²) in [5.74, 6) is -5.39. The average Bonchev–Trinajstić information content (AvgIpc) is 3.17. The second-order valence-corrected chi connectivity index (χ2v) is 9.36. The van der Waals surface area contributed by atoms with Crippen molar-refractivity contribution in [3.05, 3.63) is 58.6 Å².